The molecule has 2 aliphatic rings. The summed E-state index contributed by atoms with van der Waals surface area (Å²) >= 11 is 6.00. The molecule has 164 valence electrons. The van der Waals surface area contributed by atoms with Crippen LogP contribution in [0.15, 0.2) is 40.3 Å². The van der Waals surface area contributed by atoms with Gasteiger partial charge in [-0.1, -0.05) is 72.7 Å². The monoisotopic (exact) mass is 567 g/mol. The molecule has 0 N–H and O–H groups in total. The van der Waals surface area contributed by atoms with E-state index in [-0.39, 0.29) is 5.41 Å². The molecule has 2 heterocycles. The topological polar surface area (TPSA) is 28.0 Å². The predicted octanol–water partition coefficient (Wildman–Crippen LogP) is 7.39. The first-order valence-electron chi connectivity index (χ1n) is 10.1. The van der Waals surface area contributed by atoms with Gasteiger partial charge in [0.15, 0.2) is 5.84 Å². The van der Waals surface area contributed by atoms with Crippen molar-refractivity contribution < 1.29 is 10.9 Å². The first-order valence-corrected chi connectivity index (χ1v) is 15.0. The van der Waals surface area contributed by atoms with Crippen molar-refractivity contribution in [3.05, 3.63) is 41.5 Å². The Balaban J connectivity index is 0.000000941. The molecule has 2 aliphatic heterocycles. The number of hydrogen-bond donors (Lipinski definition) is 0. The van der Waals surface area contributed by atoms with Gasteiger partial charge in [0.25, 0.3) is 0 Å². The first kappa shape index (κ1) is 24.8. The van der Waals surface area contributed by atoms with Crippen LogP contribution < -0.4 is 0 Å². The molecule has 6 heteroatoms. The number of benzene rings is 1. The van der Waals surface area contributed by atoms with Crippen LogP contribution in [0.1, 0.15) is 71.4 Å². The minimum atomic E-state index is 0.175. The van der Waals surface area contributed by atoms with Crippen molar-refractivity contribution in [1.82, 2.24) is 4.90 Å². The van der Waals surface area contributed by atoms with Gasteiger partial charge in [-0.2, -0.15) is 0 Å². The van der Waals surface area contributed by atoms with Crippen molar-refractivity contribution in [3.8, 4) is 0 Å². The van der Waals surface area contributed by atoms with E-state index in [2.05, 4.69) is 112 Å². The van der Waals surface area contributed by atoms with Crippen molar-refractivity contribution in [2.75, 3.05) is 13.1 Å². The van der Waals surface area contributed by atoms with Gasteiger partial charge in [0, 0.05) is 13.1 Å². The summed E-state index contributed by atoms with van der Waals surface area (Å²) in [4.78, 5) is 12.6. The van der Waals surface area contributed by atoms with E-state index in [1.54, 1.807) is 0 Å². The fraction of sp³-hybridized carbons (Fsp3) is 0.565. The number of amidine groups is 1. The number of rotatable bonds is 3. The van der Waals surface area contributed by atoms with Crippen molar-refractivity contribution >= 4 is 45.7 Å². The molecule has 0 aromatic heterocycles. The Morgan fingerprint density at radius 2 is 1.66 bits per heavy atom. The van der Waals surface area contributed by atoms with E-state index >= 15 is 0 Å². The summed E-state index contributed by atoms with van der Waals surface area (Å²) in [6, 6.07) is 6.93. The summed E-state index contributed by atoms with van der Waals surface area (Å²) in [6.07, 6.45) is 4.37. The summed E-state index contributed by atoms with van der Waals surface area (Å²) in [5, 5.41) is 0. The molecule has 3 nitrogen and oxygen atoms in total. The van der Waals surface area contributed by atoms with Gasteiger partial charge in [-0.15, -0.1) is 0 Å². The zero-order valence-electron chi connectivity index (χ0n) is 18.4. The Labute approximate surface area is 196 Å². The molecule has 29 heavy (non-hydrogen) atoms. The molecule has 0 amide bonds. The molecule has 0 saturated carbocycles. The minimum absolute atomic E-state index is 0.175. The van der Waals surface area contributed by atoms with Gasteiger partial charge in [-0.05, 0) is 34.5 Å². The summed E-state index contributed by atoms with van der Waals surface area (Å²) < 4.78 is 0. The molecule has 3 rings (SSSR count). The van der Waals surface area contributed by atoms with Crippen LogP contribution >= 0.6 is 28.5 Å². The first-order chi connectivity index (χ1) is 13.6. The molecule has 0 unspecified atom stereocenters. The van der Waals surface area contributed by atoms with Crippen LogP contribution in [0.4, 0.5) is 5.69 Å². The SMILES string of the molecule is CC(C)c1cccc(C(C)C)c1N=C1C=CCN2C[C@H](C(C)(C)C)N=C12.[Br][Ni][Br]. The Morgan fingerprint density at radius 1 is 1.10 bits per heavy atom. The van der Waals surface area contributed by atoms with Crippen molar-refractivity contribution in [3.63, 3.8) is 0 Å². The molecule has 0 saturated heterocycles. The zero-order chi connectivity index (χ0) is 21.8. The Hall–Kier alpha value is -0.446. The molecule has 0 aliphatic carbocycles. The van der Waals surface area contributed by atoms with Crippen LogP contribution in [-0.2, 0) is 10.9 Å². The number of hydrogen-bond acceptors (Lipinski definition) is 3. The molecule has 1 aromatic rings. The molecule has 0 bridgehead atoms. The number of para-hydroxylation sites is 1. The van der Waals surface area contributed by atoms with Crippen LogP contribution in [-0.4, -0.2) is 35.6 Å². The number of nitrogens with zero attached hydrogens (tertiary/aromatic N) is 3. The van der Waals surface area contributed by atoms with Crippen molar-refractivity contribution in [2.24, 2.45) is 15.4 Å². The quantitative estimate of drug-likeness (QED) is 0.349. The zero-order valence-corrected chi connectivity index (χ0v) is 22.6. The van der Waals surface area contributed by atoms with Crippen LogP contribution in [0.2, 0.25) is 0 Å². The van der Waals surface area contributed by atoms with Gasteiger partial charge < -0.3 is 4.90 Å². The molecule has 0 spiro atoms. The Bertz CT molecular complexity index is 766. The fourth-order valence-electron chi connectivity index (χ4n) is 3.64. The van der Waals surface area contributed by atoms with Gasteiger partial charge in [-0.3, -0.25) is 4.99 Å². The summed E-state index contributed by atoms with van der Waals surface area (Å²) in [5.74, 6) is 1.97. The third-order valence-corrected chi connectivity index (χ3v) is 5.38. The van der Waals surface area contributed by atoms with E-state index in [1.165, 1.54) is 22.0 Å². The van der Waals surface area contributed by atoms with E-state index in [9.17, 15) is 0 Å². The third-order valence-electron chi connectivity index (χ3n) is 5.38. The Morgan fingerprint density at radius 3 is 2.14 bits per heavy atom. The maximum absolute atomic E-state index is 5.18. The van der Waals surface area contributed by atoms with Crippen molar-refractivity contribution in [2.45, 2.75) is 66.3 Å². The van der Waals surface area contributed by atoms with Gasteiger partial charge in [0.1, 0.15) is 5.71 Å². The molecule has 1 atom stereocenters. The average molecular weight is 570 g/mol. The van der Waals surface area contributed by atoms with E-state index < -0.39 is 0 Å². The Kier molecular flexibility index (Phi) is 9.18. The van der Waals surface area contributed by atoms with Crippen LogP contribution in [0.5, 0.6) is 0 Å². The van der Waals surface area contributed by atoms with Gasteiger partial charge >= 0.3 is 39.3 Å². The summed E-state index contributed by atoms with van der Waals surface area (Å²) in [6.45, 7) is 17.7. The second-order valence-electron chi connectivity index (χ2n) is 9.28. The van der Waals surface area contributed by atoms with Crippen LogP contribution in [0.3, 0.4) is 0 Å². The number of halogens is 2. The van der Waals surface area contributed by atoms with Gasteiger partial charge in [-0.25, -0.2) is 4.99 Å². The second kappa shape index (κ2) is 10.7. The standard InChI is InChI=1S/C23H33N3.2BrH.Ni/c1-15(2)17-10-8-11-18(16(3)4)21(17)24-19-12-9-13-26-14-20(23(5,6)7)25-22(19)26;;;/h8-12,15-16,20H,13-14H2,1-7H3;2*1H;/q;;;+2/p-2/t20-;;;/m1.../s1. The van der Waals surface area contributed by atoms with E-state index in [0.29, 0.717) is 17.9 Å². The number of aliphatic imine (C=N–C) groups is 2. The normalized spacial score (nSPS) is 20.2. The van der Waals surface area contributed by atoms with Crippen LogP contribution in [0.25, 0.3) is 0 Å². The third kappa shape index (κ3) is 6.27. The molecular formula is C23H33Br2N3Ni. The number of fused-ring (bicyclic) bond motifs is 1. The van der Waals surface area contributed by atoms with Crippen molar-refractivity contribution in [1.29, 1.82) is 0 Å². The predicted molar refractivity (Wildman–Crippen MR) is 131 cm³/mol. The van der Waals surface area contributed by atoms with E-state index in [4.69, 9.17) is 9.98 Å². The molecule has 0 fully saturated rings. The summed E-state index contributed by atoms with van der Waals surface area (Å²) in [7, 11) is 1.25. The molecule has 1 aromatic carbocycles. The summed E-state index contributed by atoms with van der Waals surface area (Å²) in [5.41, 5.74) is 4.97. The van der Waals surface area contributed by atoms with Crippen LogP contribution in [0, 0.1) is 5.41 Å². The average Bonchev–Trinajstić information content (AvgIpc) is 3.08. The second-order valence-corrected chi connectivity index (χ2v) is 14.3. The molecular weight excluding hydrogens is 537 g/mol. The van der Waals surface area contributed by atoms with E-state index in [0.717, 1.165) is 30.3 Å². The van der Waals surface area contributed by atoms with E-state index in [1.807, 2.05) is 0 Å². The van der Waals surface area contributed by atoms with Gasteiger partial charge in [0.2, 0.25) is 0 Å². The van der Waals surface area contributed by atoms with Gasteiger partial charge in [0.05, 0.1) is 11.7 Å². The fourth-order valence-corrected chi connectivity index (χ4v) is 3.64. The molecule has 0 radical (unpaired) electrons. The maximum atomic E-state index is 5.18.